The number of benzene rings is 1. The van der Waals surface area contributed by atoms with Crippen molar-refractivity contribution in [1.82, 2.24) is 0 Å². The van der Waals surface area contributed by atoms with Gasteiger partial charge >= 0.3 is 0 Å². The summed E-state index contributed by atoms with van der Waals surface area (Å²) in [4.78, 5) is 22.1. The first-order valence-corrected chi connectivity index (χ1v) is 5.86. The first-order valence-electron chi connectivity index (χ1n) is 5.86. The zero-order valence-corrected chi connectivity index (χ0v) is 11.1. The highest BCUT2D eigenvalue weighted by Gasteiger charge is 2.17. The molecule has 1 aromatic carbocycles. The number of aryl methyl sites for hydroxylation is 2. The quantitative estimate of drug-likeness (QED) is 0.658. The number of hydrogen-bond donors (Lipinski definition) is 1. The van der Waals surface area contributed by atoms with Crippen LogP contribution in [0.15, 0.2) is 12.1 Å². The van der Waals surface area contributed by atoms with Crippen LogP contribution in [0.3, 0.4) is 0 Å². The van der Waals surface area contributed by atoms with Gasteiger partial charge in [0.15, 0.2) is 0 Å². The monoisotopic (exact) mass is 250 g/mol. The lowest BCUT2D eigenvalue weighted by atomic mass is 10.1. The van der Waals surface area contributed by atoms with E-state index in [9.17, 15) is 14.9 Å². The summed E-state index contributed by atoms with van der Waals surface area (Å²) >= 11 is 0. The molecule has 0 bridgehead atoms. The fourth-order valence-corrected chi connectivity index (χ4v) is 1.62. The van der Waals surface area contributed by atoms with Gasteiger partial charge in [0.05, 0.1) is 4.92 Å². The van der Waals surface area contributed by atoms with Gasteiger partial charge in [-0.05, 0) is 37.0 Å². The molecule has 0 aliphatic heterocycles. The highest BCUT2D eigenvalue weighted by atomic mass is 16.6. The van der Waals surface area contributed by atoms with Gasteiger partial charge < -0.3 is 5.32 Å². The van der Waals surface area contributed by atoms with Gasteiger partial charge in [0, 0.05) is 12.5 Å². The van der Waals surface area contributed by atoms with Crippen molar-refractivity contribution >= 4 is 17.3 Å². The molecule has 0 radical (unpaired) electrons. The molecule has 18 heavy (non-hydrogen) atoms. The molecule has 0 spiro atoms. The molecule has 0 unspecified atom stereocenters. The van der Waals surface area contributed by atoms with Gasteiger partial charge in [-0.1, -0.05) is 13.8 Å². The third-order valence-corrected chi connectivity index (χ3v) is 2.68. The van der Waals surface area contributed by atoms with Crippen molar-refractivity contribution in [2.75, 3.05) is 5.32 Å². The van der Waals surface area contributed by atoms with E-state index in [1.54, 1.807) is 6.07 Å². The molecule has 0 saturated heterocycles. The summed E-state index contributed by atoms with van der Waals surface area (Å²) in [5.74, 6) is 0.0203. The Kier molecular flexibility index (Phi) is 4.42. The summed E-state index contributed by atoms with van der Waals surface area (Å²) in [6.07, 6.45) is 0.351. The summed E-state index contributed by atoms with van der Waals surface area (Å²) in [6.45, 7) is 7.52. The number of amides is 1. The van der Waals surface area contributed by atoms with Gasteiger partial charge in [-0.25, -0.2) is 0 Å². The maximum Gasteiger partial charge on any atom is 0.293 e. The fraction of sp³-hybridized carbons (Fsp3) is 0.462. The largest absolute Gasteiger partial charge is 0.320 e. The number of nitro groups is 1. The van der Waals surface area contributed by atoms with E-state index < -0.39 is 4.92 Å². The molecule has 0 aliphatic carbocycles. The lowest BCUT2D eigenvalue weighted by molar-refractivity contribution is -0.384. The van der Waals surface area contributed by atoms with Crippen LogP contribution in [0.25, 0.3) is 0 Å². The Bertz CT molecular complexity index is 481. The van der Waals surface area contributed by atoms with Gasteiger partial charge in [-0.2, -0.15) is 0 Å². The van der Waals surface area contributed by atoms with Crippen LogP contribution in [0.2, 0.25) is 0 Å². The van der Waals surface area contributed by atoms with Crippen molar-refractivity contribution in [3.8, 4) is 0 Å². The molecule has 0 fully saturated rings. The minimum Gasteiger partial charge on any atom is -0.320 e. The average Bonchev–Trinajstić information content (AvgIpc) is 2.21. The Morgan fingerprint density at radius 2 is 1.89 bits per heavy atom. The Morgan fingerprint density at radius 1 is 1.33 bits per heavy atom. The van der Waals surface area contributed by atoms with Crippen LogP contribution >= 0.6 is 0 Å². The molecule has 1 rings (SSSR count). The van der Waals surface area contributed by atoms with E-state index in [0.29, 0.717) is 6.42 Å². The Labute approximate surface area is 106 Å². The molecule has 0 saturated carbocycles. The van der Waals surface area contributed by atoms with Crippen LogP contribution in [0, 0.1) is 29.9 Å². The van der Waals surface area contributed by atoms with Gasteiger partial charge in [0.25, 0.3) is 5.69 Å². The van der Waals surface area contributed by atoms with Crippen LogP contribution in [-0.4, -0.2) is 10.8 Å². The van der Waals surface area contributed by atoms with Gasteiger partial charge in [0.1, 0.15) is 5.69 Å². The highest BCUT2D eigenvalue weighted by molar-refractivity contribution is 5.93. The zero-order chi connectivity index (χ0) is 13.9. The van der Waals surface area contributed by atoms with Crippen molar-refractivity contribution in [2.45, 2.75) is 34.1 Å². The van der Waals surface area contributed by atoms with Crippen LogP contribution < -0.4 is 5.32 Å². The molecule has 5 heteroatoms. The predicted octanol–water partition coefficient (Wildman–Crippen LogP) is 3.20. The topological polar surface area (TPSA) is 72.2 Å². The van der Waals surface area contributed by atoms with E-state index in [0.717, 1.165) is 11.1 Å². The Hall–Kier alpha value is -1.91. The first kappa shape index (κ1) is 14.2. The lowest BCUT2D eigenvalue weighted by Gasteiger charge is -2.09. The van der Waals surface area contributed by atoms with E-state index in [-0.39, 0.29) is 23.2 Å². The molecular weight excluding hydrogens is 232 g/mol. The normalized spacial score (nSPS) is 10.5. The summed E-state index contributed by atoms with van der Waals surface area (Å²) in [7, 11) is 0. The molecular formula is C13H18N2O3. The van der Waals surface area contributed by atoms with Crippen LogP contribution in [0.4, 0.5) is 11.4 Å². The number of nitrogens with one attached hydrogen (secondary N) is 1. The molecule has 0 aromatic heterocycles. The second kappa shape index (κ2) is 5.62. The fourth-order valence-electron chi connectivity index (χ4n) is 1.62. The number of hydrogen-bond acceptors (Lipinski definition) is 3. The maximum atomic E-state index is 11.7. The average molecular weight is 250 g/mol. The van der Waals surface area contributed by atoms with Crippen molar-refractivity contribution < 1.29 is 9.72 Å². The number of nitro benzene ring substituents is 1. The number of nitrogens with zero attached hydrogens (tertiary/aromatic N) is 1. The smallest absolute Gasteiger partial charge is 0.293 e. The van der Waals surface area contributed by atoms with Crippen molar-refractivity contribution in [3.63, 3.8) is 0 Å². The van der Waals surface area contributed by atoms with Gasteiger partial charge in [-0.3, -0.25) is 14.9 Å². The molecule has 0 aliphatic rings. The second-order valence-corrected chi connectivity index (χ2v) is 4.86. The number of rotatable bonds is 4. The standard InChI is InChI=1S/C13H18N2O3/c1-8(2)5-13(16)14-11-6-9(3)10(4)7-12(11)15(17)18/h6-8H,5H2,1-4H3,(H,14,16). The van der Waals surface area contributed by atoms with E-state index in [1.807, 2.05) is 27.7 Å². The number of carbonyl (C=O) groups excluding carboxylic acids is 1. The third kappa shape index (κ3) is 3.55. The van der Waals surface area contributed by atoms with Gasteiger partial charge in [-0.15, -0.1) is 0 Å². The maximum absolute atomic E-state index is 11.7. The molecule has 98 valence electrons. The van der Waals surface area contributed by atoms with Crippen LogP contribution in [0.1, 0.15) is 31.4 Å². The molecule has 0 heterocycles. The number of anilines is 1. The summed E-state index contributed by atoms with van der Waals surface area (Å²) in [6, 6.07) is 3.13. The van der Waals surface area contributed by atoms with Crippen molar-refractivity contribution in [1.29, 1.82) is 0 Å². The van der Waals surface area contributed by atoms with E-state index in [4.69, 9.17) is 0 Å². The zero-order valence-electron chi connectivity index (χ0n) is 11.1. The molecule has 1 amide bonds. The van der Waals surface area contributed by atoms with Crippen molar-refractivity contribution in [3.05, 3.63) is 33.4 Å². The Morgan fingerprint density at radius 3 is 2.39 bits per heavy atom. The highest BCUT2D eigenvalue weighted by Crippen LogP contribution is 2.28. The summed E-state index contributed by atoms with van der Waals surface area (Å²) in [5.41, 5.74) is 1.97. The lowest BCUT2D eigenvalue weighted by Crippen LogP contribution is -2.15. The molecule has 1 aromatic rings. The van der Waals surface area contributed by atoms with Crippen molar-refractivity contribution in [2.24, 2.45) is 5.92 Å². The first-order chi connectivity index (χ1) is 8.31. The minimum absolute atomic E-state index is 0.0600. The van der Waals surface area contributed by atoms with Crippen LogP contribution in [0.5, 0.6) is 0 Å². The second-order valence-electron chi connectivity index (χ2n) is 4.86. The molecule has 1 N–H and O–H groups in total. The summed E-state index contributed by atoms with van der Waals surface area (Å²) < 4.78 is 0. The molecule has 0 atom stereocenters. The summed E-state index contributed by atoms with van der Waals surface area (Å²) in [5, 5.41) is 13.6. The third-order valence-electron chi connectivity index (χ3n) is 2.68. The van der Waals surface area contributed by atoms with E-state index in [2.05, 4.69) is 5.32 Å². The molecule has 5 nitrogen and oxygen atoms in total. The minimum atomic E-state index is -0.475. The van der Waals surface area contributed by atoms with Crippen LogP contribution in [-0.2, 0) is 4.79 Å². The Balaban J connectivity index is 3.04. The van der Waals surface area contributed by atoms with Gasteiger partial charge in [0.2, 0.25) is 5.91 Å². The van der Waals surface area contributed by atoms with E-state index >= 15 is 0 Å². The van der Waals surface area contributed by atoms with E-state index in [1.165, 1.54) is 6.07 Å². The SMILES string of the molecule is Cc1cc(NC(=O)CC(C)C)c([N+](=O)[O-])cc1C. The number of carbonyl (C=O) groups is 1. The predicted molar refractivity (Wildman–Crippen MR) is 70.7 cm³/mol.